The molecule has 0 aromatic rings. The molecule has 0 aliphatic rings. The van der Waals surface area contributed by atoms with Gasteiger partial charge in [0.05, 0.1) is 12.9 Å². The molecule has 0 rings (SSSR count). The third kappa shape index (κ3) is 5.89. The van der Waals surface area contributed by atoms with E-state index in [0.29, 0.717) is 0 Å². The van der Waals surface area contributed by atoms with E-state index in [1.807, 2.05) is 18.6 Å². The van der Waals surface area contributed by atoms with Crippen LogP contribution in [0, 0.1) is 0 Å². The van der Waals surface area contributed by atoms with Gasteiger partial charge in [-0.15, -0.1) is 11.8 Å². The van der Waals surface area contributed by atoms with Crippen molar-refractivity contribution in [3.8, 4) is 0 Å². The van der Waals surface area contributed by atoms with Crippen molar-refractivity contribution >= 4 is 11.8 Å². The predicted molar refractivity (Wildman–Crippen MR) is 34.3 cm³/mol. The van der Waals surface area contributed by atoms with Gasteiger partial charge in [0.15, 0.2) is 0 Å². The van der Waals surface area contributed by atoms with Crippen LogP contribution in [-0.4, -0.2) is 12.9 Å². The molecule has 0 aromatic carbocycles. The lowest BCUT2D eigenvalue weighted by Crippen LogP contribution is -1.73. The number of rotatable bonds is 3. The Morgan fingerprint density at radius 3 is 2.86 bits per heavy atom. The van der Waals surface area contributed by atoms with Gasteiger partial charge in [-0.25, -0.2) is 0 Å². The summed E-state index contributed by atoms with van der Waals surface area (Å²) in [6.45, 7) is 2.72. The van der Waals surface area contributed by atoms with Crippen LogP contribution in [0.1, 0.15) is 6.92 Å². The standard InChI is InChI=1S/C5H10OS/c1-3-6-4-5-7-2/h4-5H,3H2,1-2H3/b5-4+. The summed E-state index contributed by atoms with van der Waals surface area (Å²) < 4.78 is 4.87. The summed E-state index contributed by atoms with van der Waals surface area (Å²) in [5.74, 6) is 0. The Hall–Kier alpha value is -0.110. The van der Waals surface area contributed by atoms with Gasteiger partial charge in [0, 0.05) is 5.41 Å². The second-order valence-electron chi connectivity index (χ2n) is 0.963. The average Bonchev–Trinajstić information content (AvgIpc) is 1.69. The maximum absolute atomic E-state index is 4.87. The fourth-order valence-electron chi connectivity index (χ4n) is 0.191. The van der Waals surface area contributed by atoms with Gasteiger partial charge >= 0.3 is 0 Å². The van der Waals surface area contributed by atoms with Crippen molar-refractivity contribution in [3.63, 3.8) is 0 Å². The van der Waals surface area contributed by atoms with Gasteiger partial charge in [0.25, 0.3) is 0 Å². The molecule has 0 heterocycles. The molecule has 1 nitrogen and oxygen atoms in total. The van der Waals surface area contributed by atoms with Gasteiger partial charge in [-0.1, -0.05) is 0 Å². The molecule has 0 bridgehead atoms. The fraction of sp³-hybridized carbons (Fsp3) is 0.600. The van der Waals surface area contributed by atoms with Crippen molar-refractivity contribution in [1.82, 2.24) is 0 Å². The molecule has 0 aliphatic heterocycles. The quantitative estimate of drug-likeness (QED) is 0.523. The van der Waals surface area contributed by atoms with Crippen LogP contribution in [-0.2, 0) is 4.74 Å². The Morgan fingerprint density at radius 2 is 2.43 bits per heavy atom. The zero-order chi connectivity index (χ0) is 5.54. The first-order valence-electron chi connectivity index (χ1n) is 2.21. The second kappa shape index (κ2) is 5.89. The highest BCUT2D eigenvalue weighted by atomic mass is 32.2. The van der Waals surface area contributed by atoms with E-state index in [2.05, 4.69) is 0 Å². The molecule has 0 fully saturated rings. The SMILES string of the molecule is CCO/C=C/SC. The van der Waals surface area contributed by atoms with E-state index in [4.69, 9.17) is 4.74 Å². The molecule has 0 unspecified atom stereocenters. The summed E-state index contributed by atoms with van der Waals surface area (Å²) in [7, 11) is 0. The molecular formula is C5H10OS. The Labute approximate surface area is 48.7 Å². The Bertz CT molecular complexity index is 52.0. The lowest BCUT2D eigenvalue weighted by molar-refractivity contribution is 0.270. The lowest BCUT2D eigenvalue weighted by Gasteiger charge is -1.88. The van der Waals surface area contributed by atoms with Gasteiger partial charge in [0.2, 0.25) is 0 Å². The van der Waals surface area contributed by atoms with Crippen molar-refractivity contribution in [1.29, 1.82) is 0 Å². The molecular weight excluding hydrogens is 108 g/mol. The van der Waals surface area contributed by atoms with E-state index in [1.165, 1.54) is 0 Å². The van der Waals surface area contributed by atoms with E-state index in [1.54, 1.807) is 18.0 Å². The van der Waals surface area contributed by atoms with E-state index < -0.39 is 0 Å². The van der Waals surface area contributed by atoms with Crippen molar-refractivity contribution in [2.75, 3.05) is 12.9 Å². The van der Waals surface area contributed by atoms with Crippen LogP contribution in [0.2, 0.25) is 0 Å². The van der Waals surface area contributed by atoms with Crippen molar-refractivity contribution in [2.45, 2.75) is 6.92 Å². The minimum atomic E-state index is 0.761. The first kappa shape index (κ1) is 6.89. The third-order valence-corrected chi connectivity index (χ3v) is 0.838. The Balaban J connectivity index is 2.78. The first-order chi connectivity index (χ1) is 3.41. The fourth-order valence-corrected chi connectivity index (χ4v) is 0.381. The van der Waals surface area contributed by atoms with E-state index in [0.717, 1.165) is 6.61 Å². The highest BCUT2D eigenvalue weighted by molar-refractivity contribution is 8.01. The topological polar surface area (TPSA) is 9.23 Å². The summed E-state index contributed by atoms with van der Waals surface area (Å²) in [6, 6.07) is 0. The maximum Gasteiger partial charge on any atom is 0.0891 e. The molecule has 0 radical (unpaired) electrons. The summed E-state index contributed by atoms with van der Waals surface area (Å²) in [6.07, 6.45) is 3.69. The molecule has 0 atom stereocenters. The maximum atomic E-state index is 4.87. The minimum Gasteiger partial charge on any atom is -0.501 e. The zero-order valence-electron chi connectivity index (χ0n) is 4.68. The van der Waals surface area contributed by atoms with Gasteiger partial charge in [-0.2, -0.15) is 0 Å². The summed E-state index contributed by atoms with van der Waals surface area (Å²) in [5, 5.41) is 1.91. The van der Waals surface area contributed by atoms with E-state index in [-0.39, 0.29) is 0 Å². The summed E-state index contributed by atoms with van der Waals surface area (Å²) in [5.41, 5.74) is 0. The number of hydrogen-bond donors (Lipinski definition) is 0. The zero-order valence-corrected chi connectivity index (χ0v) is 5.49. The van der Waals surface area contributed by atoms with Gasteiger partial charge in [-0.05, 0) is 13.2 Å². The molecule has 42 valence electrons. The molecule has 0 aliphatic carbocycles. The highest BCUT2D eigenvalue weighted by Gasteiger charge is 1.64. The largest absolute Gasteiger partial charge is 0.501 e. The van der Waals surface area contributed by atoms with E-state index >= 15 is 0 Å². The molecule has 0 aromatic heterocycles. The molecule has 7 heavy (non-hydrogen) atoms. The van der Waals surface area contributed by atoms with Crippen LogP contribution in [0.5, 0.6) is 0 Å². The molecule has 0 amide bonds. The molecule has 0 N–H and O–H groups in total. The van der Waals surface area contributed by atoms with Crippen LogP contribution in [0.4, 0.5) is 0 Å². The third-order valence-electron chi connectivity index (χ3n) is 0.455. The van der Waals surface area contributed by atoms with Crippen molar-refractivity contribution in [2.24, 2.45) is 0 Å². The number of ether oxygens (including phenoxy) is 1. The number of thioether (sulfide) groups is 1. The summed E-state index contributed by atoms with van der Waals surface area (Å²) >= 11 is 1.64. The Kier molecular flexibility index (Phi) is 5.80. The minimum absolute atomic E-state index is 0.761. The van der Waals surface area contributed by atoms with Crippen molar-refractivity contribution in [3.05, 3.63) is 11.7 Å². The second-order valence-corrected chi connectivity index (χ2v) is 1.71. The molecule has 0 spiro atoms. The van der Waals surface area contributed by atoms with Crippen LogP contribution < -0.4 is 0 Å². The molecule has 0 saturated heterocycles. The van der Waals surface area contributed by atoms with Gasteiger partial charge < -0.3 is 4.74 Å². The van der Waals surface area contributed by atoms with Crippen molar-refractivity contribution < 1.29 is 4.74 Å². The van der Waals surface area contributed by atoms with Crippen LogP contribution >= 0.6 is 11.8 Å². The smallest absolute Gasteiger partial charge is 0.0891 e. The first-order valence-corrected chi connectivity index (χ1v) is 3.50. The van der Waals surface area contributed by atoms with E-state index in [9.17, 15) is 0 Å². The van der Waals surface area contributed by atoms with Gasteiger partial charge in [-0.3, -0.25) is 0 Å². The Morgan fingerprint density at radius 1 is 1.71 bits per heavy atom. The molecule has 0 saturated carbocycles. The van der Waals surface area contributed by atoms with Crippen LogP contribution in [0.3, 0.4) is 0 Å². The molecule has 2 heteroatoms. The van der Waals surface area contributed by atoms with Crippen LogP contribution in [0.25, 0.3) is 0 Å². The number of hydrogen-bond acceptors (Lipinski definition) is 2. The average molecular weight is 118 g/mol. The monoisotopic (exact) mass is 118 g/mol. The predicted octanol–water partition coefficient (Wildman–Crippen LogP) is 1.86. The van der Waals surface area contributed by atoms with Crippen LogP contribution in [0.15, 0.2) is 11.7 Å². The lowest BCUT2D eigenvalue weighted by atomic mass is 10.9. The highest BCUT2D eigenvalue weighted by Crippen LogP contribution is 1.92. The normalized spacial score (nSPS) is 10.0. The van der Waals surface area contributed by atoms with Gasteiger partial charge in [0.1, 0.15) is 0 Å². The summed E-state index contributed by atoms with van der Waals surface area (Å²) in [4.78, 5) is 0.